The van der Waals surface area contributed by atoms with Gasteiger partial charge in [-0.3, -0.25) is 4.79 Å². The molecule has 2 aromatic rings. The third kappa shape index (κ3) is 4.32. The van der Waals surface area contributed by atoms with E-state index in [1.807, 2.05) is 18.0 Å². The van der Waals surface area contributed by atoms with Gasteiger partial charge in [-0.1, -0.05) is 16.9 Å². The molecule has 7 nitrogen and oxygen atoms in total. The van der Waals surface area contributed by atoms with E-state index in [-0.39, 0.29) is 11.8 Å². The van der Waals surface area contributed by atoms with Gasteiger partial charge in [-0.2, -0.15) is 0 Å². The van der Waals surface area contributed by atoms with E-state index in [0.29, 0.717) is 18.4 Å². The van der Waals surface area contributed by atoms with Crippen LogP contribution in [0.15, 0.2) is 28.1 Å². The number of aromatic nitrogens is 3. The van der Waals surface area contributed by atoms with Crippen molar-refractivity contribution in [1.82, 2.24) is 20.0 Å². The molecule has 2 aromatic heterocycles. The number of likely N-dealkylation sites (tertiary alicyclic amines) is 1. The Morgan fingerprint density at radius 3 is 3.07 bits per heavy atom. The number of piperidine rings is 1. The lowest BCUT2D eigenvalue weighted by Crippen LogP contribution is -2.39. The van der Waals surface area contributed by atoms with Crippen molar-refractivity contribution in [2.75, 3.05) is 25.4 Å². The average molecular weight is 388 g/mol. The van der Waals surface area contributed by atoms with Crippen LogP contribution < -0.4 is 0 Å². The number of thioether (sulfide) groups is 1. The van der Waals surface area contributed by atoms with Gasteiger partial charge in [0.15, 0.2) is 5.16 Å². The first-order valence-corrected chi connectivity index (χ1v) is 10.5. The minimum absolute atomic E-state index is 0.100. The molecule has 1 amide bonds. The molecule has 4 heterocycles. The predicted octanol–water partition coefficient (Wildman–Crippen LogP) is 3.06. The van der Waals surface area contributed by atoms with Gasteiger partial charge in [0.05, 0.1) is 18.0 Å². The second-order valence-corrected chi connectivity index (χ2v) is 8.12. The highest BCUT2D eigenvalue weighted by atomic mass is 32.2. The van der Waals surface area contributed by atoms with Crippen molar-refractivity contribution >= 4 is 17.7 Å². The second-order valence-electron chi connectivity index (χ2n) is 7.13. The van der Waals surface area contributed by atoms with Crippen molar-refractivity contribution in [1.29, 1.82) is 0 Å². The predicted molar refractivity (Wildman–Crippen MR) is 101 cm³/mol. The number of amides is 1. The molecule has 0 spiro atoms. The highest BCUT2D eigenvalue weighted by Gasteiger charge is 2.29. The minimum Gasteiger partial charge on any atom is -0.377 e. The third-order valence-corrected chi connectivity index (χ3v) is 6.15. The third-order valence-electron chi connectivity index (χ3n) is 5.15. The van der Waals surface area contributed by atoms with Gasteiger partial charge in [0, 0.05) is 43.6 Å². The zero-order valence-corrected chi connectivity index (χ0v) is 16.3. The Morgan fingerprint density at radius 2 is 2.30 bits per heavy atom. The number of aryl methyl sites for hydroxylation is 1. The molecule has 0 saturated carbocycles. The Morgan fingerprint density at radius 1 is 1.37 bits per heavy atom. The summed E-state index contributed by atoms with van der Waals surface area (Å²) >= 11 is 1.66. The summed E-state index contributed by atoms with van der Waals surface area (Å²) in [7, 11) is 0. The normalized spacial score (nSPS) is 22.9. The Labute approximate surface area is 162 Å². The molecule has 8 heteroatoms. The maximum absolute atomic E-state index is 12.6. The largest absolute Gasteiger partial charge is 0.377 e. The van der Waals surface area contributed by atoms with Crippen molar-refractivity contribution in [2.45, 2.75) is 49.8 Å². The van der Waals surface area contributed by atoms with E-state index < -0.39 is 0 Å². The number of hydrogen-bond donors (Lipinski definition) is 0. The van der Waals surface area contributed by atoms with Gasteiger partial charge in [0.25, 0.3) is 5.91 Å². The molecule has 0 radical (unpaired) electrons. The number of hydrogen-bond acceptors (Lipinski definition) is 7. The molecule has 2 aliphatic rings. The Hall–Kier alpha value is -1.93. The lowest BCUT2D eigenvalue weighted by atomic mass is 9.92. The maximum Gasteiger partial charge on any atom is 0.292 e. The van der Waals surface area contributed by atoms with Crippen LogP contribution in [-0.4, -0.2) is 57.5 Å². The lowest BCUT2D eigenvalue weighted by Gasteiger charge is -2.32. The number of nitrogens with zero attached hydrogens (tertiary/aromatic N) is 4. The van der Waals surface area contributed by atoms with Gasteiger partial charge >= 0.3 is 0 Å². The highest BCUT2D eigenvalue weighted by molar-refractivity contribution is 7.99. The van der Waals surface area contributed by atoms with Gasteiger partial charge in [0.2, 0.25) is 5.76 Å². The minimum atomic E-state index is -0.100. The van der Waals surface area contributed by atoms with Gasteiger partial charge < -0.3 is 14.2 Å². The smallest absolute Gasteiger partial charge is 0.292 e. The topological polar surface area (TPSA) is 81.4 Å². The lowest BCUT2D eigenvalue weighted by molar-refractivity contribution is 0.0663. The van der Waals surface area contributed by atoms with E-state index in [1.54, 1.807) is 17.8 Å². The van der Waals surface area contributed by atoms with Crippen LogP contribution in [0.25, 0.3) is 0 Å². The van der Waals surface area contributed by atoms with Crippen molar-refractivity contribution in [3.63, 3.8) is 0 Å². The Bertz CT molecular complexity index is 777. The number of ether oxygens (including phenoxy) is 1. The molecule has 4 rings (SSSR count). The zero-order chi connectivity index (χ0) is 18.6. The summed E-state index contributed by atoms with van der Waals surface area (Å²) in [6.07, 6.45) is 7.95. The van der Waals surface area contributed by atoms with E-state index in [2.05, 4.69) is 10.1 Å². The van der Waals surface area contributed by atoms with Crippen molar-refractivity contribution in [3.05, 3.63) is 35.5 Å². The van der Waals surface area contributed by atoms with Crippen LogP contribution in [0.1, 0.15) is 53.4 Å². The fraction of sp³-hybridized carbons (Fsp3) is 0.579. The van der Waals surface area contributed by atoms with Gasteiger partial charge in [-0.05, 0) is 38.2 Å². The highest BCUT2D eigenvalue weighted by Crippen LogP contribution is 2.30. The molecule has 2 atom stereocenters. The van der Waals surface area contributed by atoms with E-state index in [9.17, 15) is 4.79 Å². The second kappa shape index (κ2) is 8.39. The molecular formula is C19H24N4O3S. The van der Waals surface area contributed by atoms with E-state index in [0.717, 1.165) is 61.0 Å². The van der Waals surface area contributed by atoms with Crippen LogP contribution >= 0.6 is 11.8 Å². The van der Waals surface area contributed by atoms with Crippen LogP contribution in [-0.2, 0) is 4.74 Å². The molecule has 0 bridgehead atoms. The van der Waals surface area contributed by atoms with Crippen molar-refractivity contribution in [3.8, 4) is 0 Å². The van der Waals surface area contributed by atoms with Crippen LogP contribution in [0.4, 0.5) is 0 Å². The van der Waals surface area contributed by atoms with E-state index >= 15 is 0 Å². The molecule has 0 aliphatic carbocycles. The number of rotatable bonds is 5. The fourth-order valence-electron chi connectivity index (χ4n) is 3.73. The van der Waals surface area contributed by atoms with Gasteiger partial charge in [-0.25, -0.2) is 9.97 Å². The molecule has 2 fully saturated rings. The van der Waals surface area contributed by atoms with Crippen LogP contribution in [0.3, 0.4) is 0 Å². The summed E-state index contributed by atoms with van der Waals surface area (Å²) < 4.78 is 10.7. The SMILES string of the molecule is Cc1cnc(SCC2CCCO2)nc1C1CCCN(C(=O)c2ccno2)C1. The summed E-state index contributed by atoms with van der Waals surface area (Å²) in [5, 5.41) is 4.43. The van der Waals surface area contributed by atoms with Crippen LogP contribution in [0.2, 0.25) is 0 Å². The quantitative estimate of drug-likeness (QED) is 0.575. The van der Waals surface area contributed by atoms with Crippen LogP contribution in [0.5, 0.6) is 0 Å². The number of carbonyl (C=O) groups excluding carboxylic acids is 1. The molecule has 2 unspecified atom stereocenters. The molecule has 2 aliphatic heterocycles. The average Bonchev–Trinajstić information content (AvgIpc) is 3.41. The van der Waals surface area contributed by atoms with E-state index in [1.165, 1.54) is 6.20 Å². The molecule has 0 N–H and O–H groups in total. The zero-order valence-electron chi connectivity index (χ0n) is 15.5. The summed E-state index contributed by atoms with van der Waals surface area (Å²) in [6.45, 7) is 4.29. The fourth-order valence-corrected chi connectivity index (χ4v) is 4.62. The van der Waals surface area contributed by atoms with E-state index in [4.69, 9.17) is 14.2 Å². The summed E-state index contributed by atoms with van der Waals surface area (Å²) in [4.78, 5) is 23.7. The molecule has 0 aromatic carbocycles. The van der Waals surface area contributed by atoms with Gasteiger partial charge in [0.1, 0.15) is 0 Å². The molecule has 2 saturated heterocycles. The summed E-state index contributed by atoms with van der Waals surface area (Å²) in [5.41, 5.74) is 2.13. The number of carbonyl (C=O) groups is 1. The maximum atomic E-state index is 12.6. The van der Waals surface area contributed by atoms with Gasteiger partial charge in [-0.15, -0.1) is 0 Å². The Kier molecular flexibility index (Phi) is 5.73. The standard InChI is InChI=1S/C19H24N4O3S/c1-13-10-20-19(27-12-15-5-3-9-25-15)22-17(13)14-4-2-8-23(11-14)18(24)16-6-7-21-26-16/h6-7,10,14-15H,2-5,8-9,11-12H2,1H3. The first kappa shape index (κ1) is 18.4. The monoisotopic (exact) mass is 388 g/mol. The molecular weight excluding hydrogens is 364 g/mol. The first-order valence-electron chi connectivity index (χ1n) is 9.48. The summed E-state index contributed by atoms with van der Waals surface area (Å²) in [6, 6.07) is 1.61. The first-order chi connectivity index (χ1) is 13.2. The van der Waals surface area contributed by atoms with Crippen molar-refractivity contribution < 1.29 is 14.1 Å². The summed E-state index contributed by atoms with van der Waals surface area (Å²) in [5.74, 6) is 1.30. The molecule has 144 valence electrons. The molecule has 27 heavy (non-hydrogen) atoms. The Balaban J connectivity index is 1.44. The van der Waals surface area contributed by atoms with Crippen molar-refractivity contribution in [2.24, 2.45) is 0 Å². The van der Waals surface area contributed by atoms with Crippen LogP contribution in [0, 0.1) is 6.92 Å².